The van der Waals surface area contributed by atoms with E-state index in [9.17, 15) is 45.7 Å². The number of nitrogens with zero attached hydrogens (tertiary/aromatic N) is 4. The van der Waals surface area contributed by atoms with Gasteiger partial charge in [-0.3, -0.25) is 14.1 Å². The Hall–Kier alpha value is -6.72. The van der Waals surface area contributed by atoms with Crippen molar-refractivity contribution in [2.45, 2.75) is 37.5 Å². The smallest absolute Gasteiger partial charge is 0.870 e. The van der Waals surface area contributed by atoms with E-state index >= 15 is 0 Å². The summed E-state index contributed by atoms with van der Waals surface area (Å²) in [5, 5.41) is 47.3. The summed E-state index contributed by atoms with van der Waals surface area (Å²) < 4.78 is 78.8. The standard InChI is InChI=1S/2C26H22ClN3O6S.Ca/c2*1-3-36-18-11-9-17(10-12-18)28-26(32)20-14-16-6-4-5-7-19(16)23(24(20)31)30-29-21-13-8-15(2)25(22(21)27)37(33,34)35;/h2*4-14,31H,3H2,1-2H3,(H,28,32)(H,33,34,35);/q;;+2/p-2. The van der Waals surface area contributed by atoms with E-state index in [2.05, 4.69) is 31.1 Å². The van der Waals surface area contributed by atoms with Crippen LogP contribution >= 0.6 is 23.2 Å². The molecular weight excluding hydrogens is 1080 g/mol. The van der Waals surface area contributed by atoms with Crippen molar-refractivity contribution in [2.75, 3.05) is 23.8 Å². The Morgan fingerprint density at radius 3 is 1.48 bits per heavy atom. The Bertz CT molecular complexity index is 3530. The van der Waals surface area contributed by atoms with Crippen molar-refractivity contribution in [3.63, 3.8) is 0 Å². The summed E-state index contributed by atoms with van der Waals surface area (Å²) in [6.45, 7) is 7.64. The second-order valence-corrected chi connectivity index (χ2v) is 19.3. The molecule has 0 heterocycles. The second-order valence-electron chi connectivity index (χ2n) is 15.9. The molecule has 0 atom stereocenters. The van der Waals surface area contributed by atoms with Crippen molar-refractivity contribution in [3.8, 4) is 23.0 Å². The number of phenolic OH excluding ortho intramolecular Hbond substituents is 1. The zero-order valence-electron chi connectivity index (χ0n) is 40.2. The Balaban J connectivity index is 0.000000241. The number of anilines is 2. The molecule has 2 amide bonds. The third kappa shape index (κ3) is 13.6. The second kappa shape index (κ2) is 24.7. The van der Waals surface area contributed by atoms with Crippen LogP contribution in [0, 0.1) is 13.8 Å². The van der Waals surface area contributed by atoms with Gasteiger partial charge in [-0.1, -0.05) is 89.6 Å². The minimum atomic E-state index is -4.87. The quantitative estimate of drug-likeness (QED) is 0.0449. The average Bonchev–Trinajstić information content (AvgIpc) is 3.35. The molecule has 75 heavy (non-hydrogen) atoms. The number of carbonyl (C=O) groups is 2. The number of aromatic hydroxyl groups is 1. The molecule has 0 saturated heterocycles. The zero-order valence-corrected chi connectivity index (χ0v) is 45.5. The fraction of sp³-hybridized carbons (Fsp3) is 0.115. The van der Waals surface area contributed by atoms with Crippen LogP contribution in [0.25, 0.3) is 21.5 Å². The molecule has 23 heteroatoms. The number of carbonyl (C=O) groups excluding carboxylic acids is 2. The summed E-state index contributed by atoms with van der Waals surface area (Å²) in [5.41, 5.74) is 0.805. The Labute approximate surface area is 470 Å². The number of rotatable bonds is 14. The molecule has 0 aliphatic rings. The number of aryl methyl sites for hydroxylation is 2. The van der Waals surface area contributed by atoms with Gasteiger partial charge in [0.15, 0.2) is 5.75 Å². The van der Waals surface area contributed by atoms with Gasteiger partial charge in [-0.2, -0.15) is 13.5 Å². The van der Waals surface area contributed by atoms with Crippen molar-refractivity contribution in [1.82, 2.24) is 0 Å². The van der Waals surface area contributed by atoms with E-state index in [0.717, 1.165) is 0 Å². The normalized spacial score (nSPS) is 11.5. The molecule has 0 radical (unpaired) electrons. The number of halogens is 2. The van der Waals surface area contributed by atoms with Crippen LogP contribution in [0.4, 0.5) is 34.1 Å². The number of hydrogen-bond acceptors (Lipinski definition) is 15. The van der Waals surface area contributed by atoms with Crippen LogP contribution in [-0.2, 0) is 20.2 Å². The first-order valence-corrected chi connectivity index (χ1v) is 25.7. The molecule has 8 aromatic carbocycles. The predicted octanol–water partition coefficient (Wildman–Crippen LogP) is 12.3. The monoisotopic (exact) mass is 1120 g/mol. The Morgan fingerprint density at radius 1 is 0.600 bits per heavy atom. The minimum Gasteiger partial charge on any atom is -0.870 e. The predicted molar refractivity (Wildman–Crippen MR) is 284 cm³/mol. The fourth-order valence-electron chi connectivity index (χ4n) is 7.44. The topological polar surface area (TPSA) is 281 Å². The van der Waals surface area contributed by atoms with Crippen LogP contribution < -0.4 is 25.2 Å². The van der Waals surface area contributed by atoms with Crippen LogP contribution in [0.15, 0.2) is 164 Å². The van der Waals surface area contributed by atoms with Crippen LogP contribution in [0.2, 0.25) is 10.0 Å². The number of fused-ring (bicyclic) bond motifs is 2. The molecule has 8 rings (SSSR count). The Kier molecular flexibility index (Phi) is 19.0. The zero-order chi connectivity index (χ0) is 53.5. The van der Waals surface area contributed by atoms with Gasteiger partial charge in [0.2, 0.25) is 0 Å². The number of nitrogens with one attached hydrogen (secondary N) is 2. The summed E-state index contributed by atoms with van der Waals surface area (Å²) in [5.74, 6) is -1.05. The molecule has 0 aliphatic carbocycles. The van der Waals surface area contributed by atoms with Crippen LogP contribution in [0.5, 0.6) is 23.0 Å². The van der Waals surface area contributed by atoms with Gasteiger partial charge in [-0.05, 0) is 122 Å². The van der Waals surface area contributed by atoms with E-state index in [0.29, 0.717) is 57.6 Å². The first kappa shape index (κ1) is 57.6. The molecule has 0 aliphatic heterocycles. The molecule has 0 spiro atoms. The fourth-order valence-corrected chi connectivity index (χ4v) is 10.1. The van der Waals surface area contributed by atoms with E-state index in [4.69, 9.17) is 32.7 Å². The van der Waals surface area contributed by atoms with Crippen molar-refractivity contribution >= 4 is 149 Å². The molecule has 0 saturated carbocycles. The molecule has 380 valence electrons. The summed E-state index contributed by atoms with van der Waals surface area (Å²) in [4.78, 5) is 25.0. The molecule has 18 nitrogen and oxygen atoms in total. The maximum absolute atomic E-state index is 13.3. The van der Waals surface area contributed by atoms with Gasteiger partial charge in [-0.25, -0.2) is 8.42 Å². The van der Waals surface area contributed by atoms with E-state index in [1.807, 2.05) is 13.8 Å². The molecule has 0 unspecified atom stereocenters. The Morgan fingerprint density at radius 2 is 1.01 bits per heavy atom. The number of phenols is 1. The number of ether oxygens (including phenoxy) is 2. The first-order chi connectivity index (χ1) is 35.2. The van der Waals surface area contributed by atoms with Crippen molar-refractivity contribution in [1.29, 1.82) is 0 Å². The van der Waals surface area contributed by atoms with Crippen molar-refractivity contribution in [3.05, 3.63) is 166 Å². The van der Waals surface area contributed by atoms with Gasteiger partial charge < -0.3 is 34.9 Å². The van der Waals surface area contributed by atoms with Gasteiger partial charge in [0.25, 0.3) is 21.9 Å². The van der Waals surface area contributed by atoms with Gasteiger partial charge in [0.05, 0.1) is 39.4 Å². The van der Waals surface area contributed by atoms with Crippen LogP contribution in [0.1, 0.15) is 45.7 Å². The number of benzene rings is 8. The van der Waals surface area contributed by atoms with E-state index in [-0.39, 0.29) is 87.8 Å². The van der Waals surface area contributed by atoms with Crippen LogP contribution in [0.3, 0.4) is 0 Å². The summed E-state index contributed by atoms with van der Waals surface area (Å²) in [6.07, 6.45) is 0. The third-order valence-corrected chi connectivity index (χ3v) is 13.9. The maximum atomic E-state index is 13.3. The van der Waals surface area contributed by atoms with Crippen molar-refractivity contribution in [2.24, 2.45) is 20.5 Å². The SMILES string of the molecule is CCOc1ccc(NC(=O)c2cc3ccccc3c(N=Nc3ccc(C)c(S(=O)(=O)O)c3Cl)c2O)cc1.CCOc1ccc(NC(=O)c2cc3ccccc3c(N=Nc3ccc(C)c(S(=O)(=O)[O-])c3Cl)c2[O-])cc1.[Ca+2]. The molecular formula is C52H42CaCl2N6O12S2. The minimum absolute atomic E-state index is 0. The van der Waals surface area contributed by atoms with Gasteiger partial charge in [-0.15, -0.1) is 15.3 Å². The number of amides is 2. The maximum Gasteiger partial charge on any atom is 2.00 e. The molecule has 8 aromatic rings. The van der Waals surface area contributed by atoms with Gasteiger partial charge >= 0.3 is 37.7 Å². The van der Waals surface area contributed by atoms with E-state index in [1.165, 1.54) is 50.2 Å². The third-order valence-electron chi connectivity index (χ3n) is 10.9. The number of hydrogen-bond donors (Lipinski definition) is 4. The summed E-state index contributed by atoms with van der Waals surface area (Å²) >= 11 is 12.3. The summed E-state index contributed by atoms with van der Waals surface area (Å²) in [7, 11) is -9.48. The summed E-state index contributed by atoms with van der Waals surface area (Å²) in [6, 6.07) is 35.8. The van der Waals surface area contributed by atoms with Crippen molar-refractivity contribution < 1.29 is 55.2 Å². The number of azo groups is 2. The van der Waals surface area contributed by atoms with Gasteiger partial charge in [0.1, 0.15) is 43.6 Å². The average molecular weight is 1120 g/mol. The van der Waals surface area contributed by atoms with E-state index < -0.39 is 58.4 Å². The molecule has 0 bridgehead atoms. The first-order valence-electron chi connectivity index (χ1n) is 22.1. The molecule has 4 N–H and O–H groups in total. The van der Waals surface area contributed by atoms with Crippen LogP contribution in [-0.4, -0.2) is 93.8 Å². The molecule has 0 fully saturated rings. The van der Waals surface area contributed by atoms with Gasteiger partial charge in [0, 0.05) is 27.7 Å². The largest absolute Gasteiger partial charge is 2.00 e. The molecule has 0 aromatic heterocycles. The van der Waals surface area contributed by atoms with E-state index in [1.54, 1.807) is 97.1 Å².